The number of nitrogens with one attached hydrogen (secondary N) is 1. The van der Waals surface area contributed by atoms with E-state index in [1.165, 1.54) is 31.2 Å². The number of benzene rings is 1. The molecule has 1 fully saturated rings. The van der Waals surface area contributed by atoms with Crippen molar-refractivity contribution in [3.8, 4) is 11.5 Å². The van der Waals surface area contributed by atoms with E-state index in [0.717, 1.165) is 49.1 Å². The quantitative estimate of drug-likeness (QED) is 0.904. The number of para-hydroxylation sites is 1. The van der Waals surface area contributed by atoms with Crippen LogP contribution in [0.1, 0.15) is 36.8 Å². The van der Waals surface area contributed by atoms with Crippen molar-refractivity contribution in [2.45, 2.75) is 38.8 Å². The second kappa shape index (κ2) is 7.74. The summed E-state index contributed by atoms with van der Waals surface area (Å²) in [5, 5.41) is 3.47. The summed E-state index contributed by atoms with van der Waals surface area (Å²) >= 11 is 0. The Bertz CT molecular complexity index is 695. The number of rotatable bonds is 5. The number of fused-ring (bicyclic) bond motifs is 1. The SMILES string of the molecule is c1cc(CNCc2ccc(N3CCCCCC3)nc2)c2c(c1)OCO2. The molecule has 0 radical (unpaired) electrons. The molecule has 5 heteroatoms. The first-order chi connectivity index (χ1) is 12.4. The van der Waals surface area contributed by atoms with Crippen LogP contribution in [0.15, 0.2) is 36.5 Å². The Hall–Kier alpha value is -2.27. The van der Waals surface area contributed by atoms with Gasteiger partial charge in [-0.3, -0.25) is 0 Å². The first-order valence-electron chi connectivity index (χ1n) is 9.18. The summed E-state index contributed by atoms with van der Waals surface area (Å²) < 4.78 is 11.0. The van der Waals surface area contributed by atoms with Crippen molar-refractivity contribution in [1.82, 2.24) is 10.3 Å². The topological polar surface area (TPSA) is 46.6 Å². The predicted molar refractivity (Wildman–Crippen MR) is 98.0 cm³/mol. The third-order valence-corrected chi connectivity index (χ3v) is 4.86. The molecule has 1 aromatic carbocycles. The second-order valence-electron chi connectivity index (χ2n) is 6.68. The highest BCUT2D eigenvalue weighted by atomic mass is 16.7. The number of pyridine rings is 1. The third-order valence-electron chi connectivity index (χ3n) is 4.86. The summed E-state index contributed by atoms with van der Waals surface area (Å²) in [7, 11) is 0. The van der Waals surface area contributed by atoms with E-state index in [1.807, 2.05) is 18.3 Å². The van der Waals surface area contributed by atoms with Gasteiger partial charge >= 0.3 is 0 Å². The summed E-state index contributed by atoms with van der Waals surface area (Å²) in [5.41, 5.74) is 2.33. The van der Waals surface area contributed by atoms with Crippen LogP contribution >= 0.6 is 0 Å². The molecule has 1 N–H and O–H groups in total. The average Bonchev–Trinajstić information content (AvgIpc) is 2.97. The van der Waals surface area contributed by atoms with E-state index in [-0.39, 0.29) is 0 Å². The van der Waals surface area contributed by atoms with Crippen LogP contribution < -0.4 is 19.7 Å². The average molecular weight is 339 g/mol. The van der Waals surface area contributed by atoms with Gasteiger partial charge in [-0.25, -0.2) is 4.98 Å². The Morgan fingerprint density at radius 3 is 2.64 bits per heavy atom. The zero-order chi connectivity index (χ0) is 16.9. The molecule has 0 unspecified atom stereocenters. The molecule has 2 aliphatic heterocycles. The molecule has 1 aromatic heterocycles. The van der Waals surface area contributed by atoms with Crippen LogP contribution in [0.2, 0.25) is 0 Å². The molecule has 1 saturated heterocycles. The predicted octanol–water partition coefficient (Wildman–Crippen LogP) is 3.48. The van der Waals surface area contributed by atoms with Crippen LogP contribution in [0.5, 0.6) is 11.5 Å². The first kappa shape index (κ1) is 16.2. The van der Waals surface area contributed by atoms with Gasteiger partial charge in [0.2, 0.25) is 6.79 Å². The van der Waals surface area contributed by atoms with Crippen molar-refractivity contribution in [2.75, 3.05) is 24.8 Å². The van der Waals surface area contributed by atoms with E-state index >= 15 is 0 Å². The van der Waals surface area contributed by atoms with Gasteiger partial charge in [-0.2, -0.15) is 0 Å². The van der Waals surface area contributed by atoms with Crippen molar-refractivity contribution in [1.29, 1.82) is 0 Å². The molecule has 0 aliphatic carbocycles. The monoisotopic (exact) mass is 339 g/mol. The van der Waals surface area contributed by atoms with Crippen molar-refractivity contribution >= 4 is 5.82 Å². The van der Waals surface area contributed by atoms with E-state index in [1.54, 1.807) is 0 Å². The Morgan fingerprint density at radius 2 is 1.84 bits per heavy atom. The van der Waals surface area contributed by atoms with E-state index in [2.05, 4.69) is 33.4 Å². The lowest BCUT2D eigenvalue weighted by Crippen LogP contribution is -2.24. The zero-order valence-corrected chi connectivity index (χ0v) is 14.5. The molecule has 5 nitrogen and oxygen atoms in total. The molecule has 0 atom stereocenters. The van der Waals surface area contributed by atoms with Crippen LogP contribution in [-0.2, 0) is 13.1 Å². The number of hydrogen-bond donors (Lipinski definition) is 1. The highest BCUT2D eigenvalue weighted by molar-refractivity contribution is 5.48. The first-order valence-corrected chi connectivity index (χ1v) is 9.18. The Morgan fingerprint density at radius 1 is 0.960 bits per heavy atom. The highest BCUT2D eigenvalue weighted by Crippen LogP contribution is 2.35. The minimum absolute atomic E-state index is 0.314. The van der Waals surface area contributed by atoms with Gasteiger partial charge in [-0.15, -0.1) is 0 Å². The van der Waals surface area contributed by atoms with Crippen LogP contribution in [0.4, 0.5) is 5.82 Å². The summed E-state index contributed by atoms with van der Waals surface area (Å²) in [6.07, 6.45) is 7.23. The van der Waals surface area contributed by atoms with Crippen LogP contribution in [-0.4, -0.2) is 24.9 Å². The molecule has 25 heavy (non-hydrogen) atoms. The Kier molecular flexibility index (Phi) is 5.02. The number of aromatic nitrogens is 1. The van der Waals surface area contributed by atoms with Gasteiger partial charge in [-0.1, -0.05) is 31.0 Å². The molecule has 2 aromatic rings. The molecule has 0 spiro atoms. The lowest BCUT2D eigenvalue weighted by atomic mass is 10.2. The summed E-state index contributed by atoms with van der Waals surface area (Å²) in [5.74, 6) is 2.81. The van der Waals surface area contributed by atoms with Crippen molar-refractivity contribution < 1.29 is 9.47 Å². The van der Waals surface area contributed by atoms with Crippen LogP contribution in [0, 0.1) is 0 Å². The summed E-state index contributed by atoms with van der Waals surface area (Å²) in [4.78, 5) is 7.08. The van der Waals surface area contributed by atoms with Gasteiger partial charge in [0.25, 0.3) is 0 Å². The minimum atomic E-state index is 0.314. The summed E-state index contributed by atoms with van der Waals surface area (Å²) in [6, 6.07) is 10.3. The molecule has 2 aliphatic rings. The Balaban J connectivity index is 1.32. The maximum atomic E-state index is 5.55. The molecule has 0 saturated carbocycles. The fourth-order valence-electron chi connectivity index (χ4n) is 3.48. The van der Waals surface area contributed by atoms with Gasteiger partial charge in [0.05, 0.1) is 0 Å². The Labute approximate surface area is 149 Å². The fraction of sp³-hybridized carbons (Fsp3) is 0.450. The summed E-state index contributed by atoms with van der Waals surface area (Å²) in [6.45, 7) is 4.12. The second-order valence-corrected chi connectivity index (χ2v) is 6.68. The molecule has 0 bridgehead atoms. The van der Waals surface area contributed by atoms with E-state index in [9.17, 15) is 0 Å². The maximum Gasteiger partial charge on any atom is 0.231 e. The zero-order valence-electron chi connectivity index (χ0n) is 14.5. The lowest BCUT2D eigenvalue weighted by Gasteiger charge is -2.21. The van der Waals surface area contributed by atoms with Gasteiger partial charge in [0, 0.05) is 37.9 Å². The number of ether oxygens (including phenoxy) is 2. The van der Waals surface area contributed by atoms with E-state index in [0.29, 0.717) is 6.79 Å². The number of hydrogen-bond acceptors (Lipinski definition) is 5. The van der Waals surface area contributed by atoms with Gasteiger partial charge in [0.1, 0.15) is 5.82 Å². The van der Waals surface area contributed by atoms with Crippen LogP contribution in [0.25, 0.3) is 0 Å². The van der Waals surface area contributed by atoms with Crippen molar-refractivity contribution in [3.05, 3.63) is 47.7 Å². The smallest absolute Gasteiger partial charge is 0.231 e. The molecular weight excluding hydrogens is 314 g/mol. The van der Waals surface area contributed by atoms with Crippen molar-refractivity contribution in [2.24, 2.45) is 0 Å². The normalized spacial score (nSPS) is 16.7. The van der Waals surface area contributed by atoms with E-state index in [4.69, 9.17) is 9.47 Å². The van der Waals surface area contributed by atoms with Crippen LogP contribution in [0.3, 0.4) is 0 Å². The third kappa shape index (κ3) is 3.87. The number of anilines is 1. The fourth-order valence-corrected chi connectivity index (χ4v) is 3.48. The standard InChI is InChI=1S/C20H25N3O2/c1-2-4-11-23(10-3-1)19-9-8-16(13-22-19)12-21-14-17-6-5-7-18-20(17)25-15-24-18/h5-9,13,21H,1-4,10-12,14-15H2. The minimum Gasteiger partial charge on any atom is -0.454 e. The van der Waals surface area contributed by atoms with Gasteiger partial charge in [-0.05, 0) is 30.5 Å². The molecule has 132 valence electrons. The largest absolute Gasteiger partial charge is 0.454 e. The molecule has 0 amide bonds. The van der Waals surface area contributed by atoms with E-state index < -0.39 is 0 Å². The highest BCUT2D eigenvalue weighted by Gasteiger charge is 2.16. The lowest BCUT2D eigenvalue weighted by molar-refractivity contribution is 0.173. The molecule has 4 rings (SSSR count). The van der Waals surface area contributed by atoms with Crippen molar-refractivity contribution in [3.63, 3.8) is 0 Å². The number of nitrogens with zero attached hydrogens (tertiary/aromatic N) is 2. The molecular formula is C20H25N3O2. The van der Waals surface area contributed by atoms with Gasteiger partial charge in [0.15, 0.2) is 11.5 Å². The van der Waals surface area contributed by atoms with Gasteiger partial charge < -0.3 is 19.7 Å². The molecule has 3 heterocycles. The maximum absolute atomic E-state index is 5.55.